The van der Waals surface area contributed by atoms with E-state index in [2.05, 4.69) is 6.07 Å². The van der Waals surface area contributed by atoms with Crippen molar-refractivity contribution in [2.75, 3.05) is 18.5 Å². The maximum atomic E-state index is 12.3. The largest absolute Gasteiger partial charge is 0.366 e. The molecule has 0 aliphatic rings. The van der Waals surface area contributed by atoms with Crippen molar-refractivity contribution in [1.82, 2.24) is 0 Å². The van der Waals surface area contributed by atoms with Gasteiger partial charge in [-0.25, -0.2) is 0 Å². The number of halogens is 2. The van der Waals surface area contributed by atoms with E-state index in [0.29, 0.717) is 26.9 Å². The molecule has 0 atom stereocenters. The van der Waals surface area contributed by atoms with Gasteiger partial charge in [0.05, 0.1) is 22.8 Å². The fourth-order valence-corrected chi connectivity index (χ4v) is 2.52. The van der Waals surface area contributed by atoms with Crippen molar-refractivity contribution in [1.29, 1.82) is 5.26 Å². The molecule has 106 valence electrons. The van der Waals surface area contributed by atoms with Gasteiger partial charge in [-0.3, -0.25) is 4.79 Å². The topological polar surface area (TPSA) is 44.1 Å². The highest BCUT2D eigenvalue weighted by atomic mass is 35.5. The molecule has 5 heteroatoms. The zero-order valence-corrected chi connectivity index (χ0v) is 12.8. The molecule has 0 fully saturated rings. The standard InChI is InChI=1S/C16H12Cl2N2O/c1-20(15-5-3-2-4-11(15)9-19)10-16(21)13-7-6-12(17)8-14(13)18/h2-8H,10H2,1H3. The first kappa shape index (κ1) is 15.4. The van der Waals surface area contributed by atoms with Gasteiger partial charge in [-0.15, -0.1) is 0 Å². The maximum Gasteiger partial charge on any atom is 0.183 e. The number of likely N-dealkylation sites (N-methyl/N-ethyl adjacent to an activating group) is 1. The Bertz CT molecular complexity index is 722. The number of nitrogens with zero attached hydrogens (tertiary/aromatic N) is 2. The van der Waals surface area contributed by atoms with Crippen molar-refractivity contribution >= 4 is 34.7 Å². The highest BCUT2D eigenvalue weighted by Crippen LogP contribution is 2.23. The normalized spacial score (nSPS) is 10.0. The zero-order chi connectivity index (χ0) is 15.4. The van der Waals surface area contributed by atoms with E-state index >= 15 is 0 Å². The molecule has 0 N–H and O–H groups in total. The minimum absolute atomic E-state index is 0.125. The molecule has 0 bridgehead atoms. The van der Waals surface area contributed by atoms with Gasteiger partial charge < -0.3 is 4.90 Å². The fraction of sp³-hybridized carbons (Fsp3) is 0.125. The second-order valence-corrected chi connectivity index (χ2v) is 5.38. The molecule has 0 amide bonds. The van der Waals surface area contributed by atoms with Crippen molar-refractivity contribution in [3.63, 3.8) is 0 Å². The molecular weight excluding hydrogens is 307 g/mol. The van der Waals surface area contributed by atoms with Crippen LogP contribution >= 0.6 is 23.2 Å². The van der Waals surface area contributed by atoms with E-state index < -0.39 is 0 Å². The van der Waals surface area contributed by atoms with E-state index in [0.717, 1.165) is 0 Å². The molecule has 2 rings (SSSR count). The summed E-state index contributed by atoms with van der Waals surface area (Å²) in [6.07, 6.45) is 0. The van der Waals surface area contributed by atoms with E-state index in [1.807, 2.05) is 6.07 Å². The number of para-hydroxylation sites is 1. The average Bonchev–Trinajstić information content (AvgIpc) is 2.46. The summed E-state index contributed by atoms with van der Waals surface area (Å²) in [5.41, 5.74) is 1.65. The number of carbonyl (C=O) groups excluding carboxylic acids is 1. The molecule has 0 saturated carbocycles. The fourth-order valence-electron chi connectivity index (χ4n) is 2.00. The summed E-state index contributed by atoms with van der Waals surface area (Å²) in [5.74, 6) is -0.132. The molecule has 0 aliphatic heterocycles. The second-order valence-electron chi connectivity index (χ2n) is 4.53. The van der Waals surface area contributed by atoms with Crippen molar-refractivity contribution in [3.8, 4) is 6.07 Å². The summed E-state index contributed by atoms with van der Waals surface area (Å²) < 4.78 is 0. The Balaban J connectivity index is 2.21. The third-order valence-corrected chi connectivity index (χ3v) is 3.60. The Morgan fingerprint density at radius 3 is 2.62 bits per heavy atom. The average molecular weight is 319 g/mol. The van der Waals surface area contributed by atoms with E-state index in [4.69, 9.17) is 28.5 Å². The maximum absolute atomic E-state index is 12.3. The van der Waals surface area contributed by atoms with Crippen LogP contribution in [0.5, 0.6) is 0 Å². The molecule has 0 radical (unpaired) electrons. The van der Waals surface area contributed by atoms with Crippen LogP contribution in [0.1, 0.15) is 15.9 Å². The highest BCUT2D eigenvalue weighted by molar-refractivity contribution is 6.36. The molecule has 0 aromatic heterocycles. The minimum Gasteiger partial charge on any atom is -0.366 e. The van der Waals surface area contributed by atoms with Gasteiger partial charge in [-0.2, -0.15) is 5.26 Å². The third-order valence-electron chi connectivity index (χ3n) is 3.05. The van der Waals surface area contributed by atoms with Crippen LogP contribution in [0.15, 0.2) is 42.5 Å². The van der Waals surface area contributed by atoms with Crippen molar-refractivity contribution in [2.24, 2.45) is 0 Å². The first-order valence-corrected chi connectivity index (χ1v) is 6.97. The monoisotopic (exact) mass is 318 g/mol. The van der Waals surface area contributed by atoms with Crippen LogP contribution in [0.25, 0.3) is 0 Å². The lowest BCUT2D eigenvalue weighted by molar-refractivity contribution is 0.100. The molecule has 2 aromatic rings. The summed E-state index contributed by atoms with van der Waals surface area (Å²) in [7, 11) is 1.76. The number of rotatable bonds is 4. The summed E-state index contributed by atoms with van der Waals surface area (Å²) >= 11 is 11.9. The van der Waals surface area contributed by atoms with Crippen LogP contribution in [0, 0.1) is 11.3 Å². The summed E-state index contributed by atoms with van der Waals surface area (Å²) in [6, 6.07) is 14.0. The van der Waals surface area contributed by atoms with Gasteiger partial charge in [0.2, 0.25) is 0 Å². The van der Waals surface area contributed by atoms with Crippen LogP contribution < -0.4 is 4.90 Å². The first-order chi connectivity index (χ1) is 10.0. The summed E-state index contributed by atoms with van der Waals surface area (Å²) in [6.45, 7) is 0.125. The number of anilines is 1. The number of benzene rings is 2. The molecule has 0 spiro atoms. The van der Waals surface area contributed by atoms with Crippen LogP contribution in [-0.4, -0.2) is 19.4 Å². The summed E-state index contributed by atoms with van der Waals surface area (Å²) in [5, 5.41) is 9.91. The molecule has 0 unspecified atom stereocenters. The molecule has 2 aromatic carbocycles. The second kappa shape index (κ2) is 6.62. The van der Waals surface area contributed by atoms with E-state index in [1.54, 1.807) is 48.3 Å². The molecule has 0 saturated heterocycles. The van der Waals surface area contributed by atoms with Gasteiger partial charge in [-0.05, 0) is 30.3 Å². The van der Waals surface area contributed by atoms with Crippen molar-refractivity contribution in [3.05, 3.63) is 63.6 Å². The summed E-state index contributed by atoms with van der Waals surface area (Å²) in [4.78, 5) is 14.0. The van der Waals surface area contributed by atoms with Gasteiger partial charge in [0.25, 0.3) is 0 Å². The van der Waals surface area contributed by atoms with E-state index in [9.17, 15) is 4.79 Å². The number of carbonyl (C=O) groups is 1. The van der Waals surface area contributed by atoms with Crippen LogP contribution in [-0.2, 0) is 0 Å². The van der Waals surface area contributed by atoms with Gasteiger partial charge in [0, 0.05) is 17.6 Å². The minimum atomic E-state index is -0.132. The van der Waals surface area contributed by atoms with Crippen LogP contribution in [0.4, 0.5) is 5.69 Å². The third kappa shape index (κ3) is 3.55. The number of nitriles is 1. The van der Waals surface area contributed by atoms with Crippen LogP contribution in [0.3, 0.4) is 0 Å². The molecule has 0 heterocycles. The molecule has 3 nitrogen and oxygen atoms in total. The lowest BCUT2D eigenvalue weighted by Gasteiger charge is -2.19. The van der Waals surface area contributed by atoms with Crippen molar-refractivity contribution in [2.45, 2.75) is 0 Å². The lowest BCUT2D eigenvalue weighted by atomic mass is 10.1. The van der Waals surface area contributed by atoms with Crippen LogP contribution in [0.2, 0.25) is 10.0 Å². The van der Waals surface area contributed by atoms with E-state index in [-0.39, 0.29) is 12.3 Å². The Morgan fingerprint density at radius 2 is 1.95 bits per heavy atom. The molecule has 21 heavy (non-hydrogen) atoms. The highest BCUT2D eigenvalue weighted by Gasteiger charge is 2.15. The van der Waals surface area contributed by atoms with Crippen molar-refractivity contribution < 1.29 is 4.79 Å². The first-order valence-electron chi connectivity index (χ1n) is 6.21. The Hall–Kier alpha value is -2.02. The number of hydrogen-bond donors (Lipinski definition) is 0. The van der Waals surface area contributed by atoms with Gasteiger partial charge in [0.1, 0.15) is 6.07 Å². The lowest BCUT2D eigenvalue weighted by Crippen LogP contribution is -2.26. The zero-order valence-electron chi connectivity index (χ0n) is 11.3. The number of ketones is 1. The Labute approximate surface area is 133 Å². The van der Waals surface area contributed by atoms with Gasteiger partial charge in [0.15, 0.2) is 5.78 Å². The number of hydrogen-bond acceptors (Lipinski definition) is 3. The number of Topliss-reactive ketones (excluding diaryl/α,β-unsaturated/α-hetero) is 1. The Morgan fingerprint density at radius 1 is 1.24 bits per heavy atom. The predicted octanol–water partition coefficient (Wildman–Crippen LogP) is 4.18. The Kier molecular flexibility index (Phi) is 4.85. The SMILES string of the molecule is CN(CC(=O)c1ccc(Cl)cc1Cl)c1ccccc1C#N. The van der Waals surface area contributed by atoms with E-state index in [1.165, 1.54) is 0 Å². The predicted molar refractivity (Wildman–Crippen MR) is 85.2 cm³/mol. The quantitative estimate of drug-likeness (QED) is 0.794. The van der Waals surface area contributed by atoms with Gasteiger partial charge in [-0.1, -0.05) is 35.3 Å². The smallest absolute Gasteiger partial charge is 0.183 e. The van der Waals surface area contributed by atoms with Gasteiger partial charge >= 0.3 is 0 Å². The molecule has 0 aliphatic carbocycles. The molecular formula is C16H12Cl2N2O.